The Morgan fingerprint density at radius 3 is 2.60 bits per heavy atom. The minimum atomic E-state index is -0.346. The first kappa shape index (κ1) is 15.8. The fourth-order valence-electron chi connectivity index (χ4n) is 3.49. The molecule has 2 aromatic carbocycles. The summed E-state index contributed by atoms with van der Waals surface area (Å²) in [7, 11) is 0. The lowest BCUT2D eigenvalue weighted by Gasteiger charge is -2.29. The molecule has 0 aromatic heterocycles. The molecule has 1 N–H and O–H groups in total. The van der Waals surface area contributed by atoms with Crippen LogP contribution in [0.5, 0.6) is 0 Å². The molecule has 4 rings (SSSR count). The molecule has 1 fully saturated rings. The summed E-state index contributed by atoms with van der Waals surface area (Å²) in [5, 5.41) is 2.76. The van der Waals surface area contributed by atoms with E-state index < -0.39 is 0 Å². The van der Waals surface area contributed by atoms with Crippen molar-refractivity contribution < 1.29 is 14.0 Å². The van der Waals surface area contributed by atoms with Crippen LogP contribution in [0.25, 0.3) is 0 Å². The number of hydrogen-bond acceptors (Lipinski definition) is 2. The highest BCUT2D eigenvalue weighted by atomic mass is 19.1. The Morgan fingerprint density at radius 1 is 1.04 bits per heavy atom. The van der Waals surface area contributed by atoms with Gasteiger partial charge in [0.05, 0.1) is 11.8 Å². The number of anilines is 2. The van der Waals surface area contributed by atoms with Crippen LogP contribution < -0.4 is 10.2 Å². The Morgan fingerprint density at radius 2 is 1.80 bits per heavy atom. The molecule has 2 aromatic rings. The third-order valence-electron chi connectivity index (χ3n) is 4.93. The predicted molar refractivity (Wildman–Crippen MR) is 93.7 cm³/mol. The van der Waals surface area contributed by atoms with Crippen molar-refractivity contribution in [2.75, 3.05) is 16.8 Å². The summed E-state index contributed by atoms with van der Waals surface area (Å²) in [5.41, 5.74) is 2.71. The van der Waals surface area contributed by atoms with E-state index in [1.165, 1.54) is 29.8 Å². The van der Waals surface area contributed by atoms with E-state index in [-0.39, 0.29) is 29.5 Å². The van der Waals surface area contributed by atoms with E-state index in [4.69, 9.17) is 0 Å². The number of rotatable bonds is 3. The zero-order valence-corrected chi connectivity index (χ0v) is 13.7. The molecule has 2 atom stereocenters. The maximum absolute atomic E-state index is 12.9. The number of nitrogens with one attached hydrogen (secondary N) is 1. The van der Waals surface area contributed by atoms with Gasteiger partial charge in [-0.25, -0.2) is 4.39 Å². The van der Waals surface area contributed by atoms with E-state index in [1.54, 1.807) is 0 Å². The third-order valence-corrected chi connectivity index (χ3v) is 4.93. The van der Waals surface area contributed by atoms with Crippen LogP contribution in [-0.2, 0) is 16.0 Å². The summed E-state index contributed by atoms with van der Waals surface area (Å²) >= 11 is 0. The molecule has 1 saturated carbocycles. The average Bonchev–Trinajstić information content (AvgIpc) is 3.43. The normalized spacial score (nSPS) is 21.4. The van der Waals surface area contributed by atoms with Gasteiger partial charge < -0.3 is 10.2 Å². The molecule has 4 nitrogen and oxygen atoms in total. The maximum atomic E-state index is 12.9. The van der Waals surface area contributed by atoms with Gasteiger partial charge in [-0.1, -0.05) is 18.2 Å². The second-order valence-electron chi connectivity index (χ2n) is 6.67. The van der Waals surface area contributed by atoms with Gasteiger partial charge in [-0.3, -0.25) is 9.59 Å². The first-order chi connectivity index (χ1) is 12.1. The number of nitrogens with zero attached hydrogens (tertiary/aromatic N) is 1. The maximum Gasteiger partial charge on any atom is 0.230 e. The van der Waals surface area contributed by atoms with Crippen LogP contribution in [0.4, 0.5) is 15.8 Å². The molecular formula is C20H19FN2O2. The molecule has 128 valence electrons. The van der Waals surface area contributed by atoms with E-state index in [0.717, 1.165) is 18.5 Å². The highest BCUT2D eigenvalue weighted by Gasteiger charge is 2.50. The van der Waals surface area contributed by atoms with E-state index in [9.17, 15) is 14.0 Å². The zero-order chi connectivity index (χ0) is 17.4. The molecule has 0 bridgehead atoms. The second kappa shape index (κ2) is 6.31. The number of aryl methyl sites for hydroxylation is 1. The molecule has 5 heteroatoms. The summed E-state index contributed by atoms with van der Waals surface area (Å²) in [6.07, 6.45) is 2.51. The van der Waals surface area contributed by atoms with Gasteiger partial charge in [0.25, 0.3) is 0 Å². The van der Waals surface area contributed by atoms with Gasteiger partial charge in [0, 0.05) is 17.9 Å². The standard InChI is InChI=1S/C20H19FN2O2/c21-14-7-9-15(10-8-14)22-19(24)16-12-17(16)20(25)23-11-3-5-13-4-1-2-6-18(13)23/h1-2,4,6-10,16-17H,3,5,11-12H2,(H,22,24). The van der Waals surface area contributed by atoms with Crippen molar-refractivity contribution in [2.24, 2.45) is 11.8 Å². The van der Waals surface area contributed by atoms with Crippen molar-refractivity contribution in [3.05, 3.63) is 59.9 Å². The summed E-state index contributed by atoms with van der Waals surface area (Å²) in [6, 6.07) is 13.6. The van der Waals surface area contributed by atoms with Gasteiger partial charge in [-0.2, -0.15) is 0 Å². The largest absolute Gasteiger partial charge is 0.326 e. The smallest absolute Gasteiger partial charge is 0.230 e. The van der Waals surface area contributed by atoms with Gasteiger partial charge in [0.15, 0.2) is 0 Å². The molecular weight excluding hydrogens is 319 g/mol. The van der Waals surface area contributed by atoms with Gasteiger partial charge in [-0.15, -0.1) is 0 Å². The number of hydrogen-bond donors (Lipinski definition) is 1. The van der Waals surface area contributed by atoms with E-state index >= 15 is 0 Å². The molecule has 1 aliphatic heterocycles. The predicted octanol–water partition coefficient (Wildman–Crippen LogP) is 3.38. The number of carbonyl (C=O) groups is 2. The first-order valence-electron chi connectivity index (χ1n) is 8.59. The number of fused-ring (bicyclic) bond motifs is 1. The number of para-hydroxylation sites is 1. The molecule has 1 heterocycles. The van der Waals surface area contributed by atoms with Crippen molar-refractivity contribution in [3.8, 4) is 0 Å². The quantitative estimate of drug-likeness (QED) is 0.933. The molecule has 2 aliphatic rings. The van der Waals surface area contributed by atoms with Crippen LogP contribution in [0, 0.1) is 17.7 Å². The summed E-state index contributed by atoms with van der Waals surface area (Å²) < 4.78 is 12.9. The van der Waals surface area contributed by atoms with Crippen LogP contribution >= 0.6 is 0 Å². The van der Waals surface area contributed by atoms with Crippen molar-refractivity contribution in [2.45, 2.75) is 19.3 Å². The van der Waals surface area contributed by atoms with E-state index in [0.29, 0.717) is 18.7 Å². The van der Waals surface area contributed by atoms with Crippen LogP contribution in [0.3, 0.4) is 0 Å². The van der Waals surface area contributed by atoms with Crippen LogP contribution in [0.15, 0.2) is 48.5 Å². The molecule has 25 heavy (non-hydrogen) atoms. The Kier molecular flexibility index (Phi) is 3.99. The fourth-order valence-corrected chi connectivity index (χ4v) is 3.49. The Labute approximate surface area is 145 Å². The Balaban J connectivity index is 1.42. The number of halogens is 1. The van der Waals surface area contributed by atoms with Crippen molar-refractivity contribution in [1.82, 2.24) is 0 Å². The molecule has 1 aliphatic carbocycles. The highest BCUT2D eigenvalue weighted by molar-refractivity contribution is 6.04. The number of amides is 2. The molecule has 0 saturated heterocycles. The van der Waals surface area contributed by atoms with Gasteiger partial charge in [-0.05, 0) is 55.2 Å². The monoisotopic (exact) mass is 338 g/mol. The number of carbonyl (C=O) groups excluding carboxylic acids is 2. The third kappa shape index (κ3) is 3.14. The van der Waals surface area contributed by atoms with Gasteiger partial charge in [0.2, 0.25) is 11.8 Å². The highest BCUT2D eigenvalue weighted by Crippen LogP contribution is 2.42. The topological polar surface area (TPSA) is 49.4 Å². The van der Waals surface area contributed by atoms with Gasteiger partial charge >= 0.3 is 0 Å². The second-order valence-corrected chi connectivity index (χ2v) is 6.67. The zero-order valence-electron chi connectivity index (χ0n) is 13.7. The molecule has 0 spiro atoms. The van der Waals surface area contributed by atoms with Crippen LogP contribution in [-0.4, -0.2) is 18.4 Å². The average molecular weight is 338 g/mol. The Bertz CT molecular complexity index is 819. The SMILES string of the molecule is O=C(Nc1ccc(F)cc1)C1CC1C(=O)N1CCCc2ccccc21. The van der Waals surface area contributed by atoms with Crippen molar-refractivity contribution in [3.63, 3.8) is 0 Å². The molecule has 2 amide bonds. The Hall–Kier alpha value is -2.69. The number of benzene rings is 2. The lowest BCUT2D eigenvalue weighted by atomic mass is 10.0. The van der Waals surface area contributed by atoms with E-state index in [2.05, 4.69) is 11.4 Å². The van der Waals surface area contributed by atoms with Gasteiger partial charge in [0.1, 0.15) is 5.82 Å². The summed E-state index contributed by atoms with van der Waals surface area (Å²) in [6.45, 7) is 0.707. The minimum Gasteiger partial charge on any atom is -0.326 e. The van der Waals surface area contributed by atoms with Crippen LogP contribution in [0.1, 0.15) is 18.4 Å². The fraction of sp³-hybridized carbons (Fsp3) is 0.300. The van der Waals surface area contributed by atoms with Crippen LogP contribution in [0.2, 0.25) is 0 Å². The first-order valence-corrected chi connectivity index (χ1v) is 8.59. The lowest BCUT2D eigenvalue weighted by molar-refractivity contribution is -0.123. The summed E-state index contributed by atoms with van der Waals surface area (Å²) in [4.78, 5) is 27.0. The molecule has 2 unspecified atom stereocenters. The summed E-state index contributed by atoms with van der Waals surface area (Å²) in [5.74, 6) is -1.04. The minimum absolute atomic E-state index is 0.0337. The van der Waals surface area contributed by atoms with E-state index in [1.807, 2.05) is 23.1 Å². The molecule has 0 radical (unpaired) electrons. The lowest BCUT2D eigenvalue weighted by Crippen LogP contribution is -2.37. The van der Waals surface area contributed by atoms with Crippen molar-refractivity contribution in [1.29, 1.82) is 0 Å². The van der Waals surface area contributed by atoms with Crippen molar-refractivity contribution >= 4 is 23.2 Å².